The van der Waals surface area contributed by atoms with Crippen LogP contribution in [0.2, 0.25) is 0 Å². The Balaban J connectivity index is 3.64. The van der Waals surface area contributed by atoms with Crippen molar-refractivity contribution in [2.75, 3.05) is 54.4 Å². The topological polar surface area (TPSA) is 20.2 Å². The Morgan fingerprint density at radius 2 is 0.605 bits per heavy atom. The molecule has 0 saturated heterocycles. The molecule has 0 rings (SSSR count). The molecule has 0 amide bonds. The quantitative estimate of drug-likeness (QED) is 0.0559. The number of hydrogen-bond donors (Lipinski definition) is 1. The van der Waals surface area contributed by atoms with Crippen LogP contribution in [0, 0.1) is 0 Å². The minimum Gasteiger partial charge on any atom is -0.387 e. The van der Waals surface area contributed by atoms with Crippen molar-refractivity contribution in [1.82, 2.24) is 0 Å². The highest BCUT2D eigenvalue weighted by Gasteiger charge is 2.23. The number of quaternary nitrogens is 2. The van der Waals surface area contributed by atoms with Crippen LogP contribution >= 0.6 is 0 Å². The van der Waals surface area contributed by atoms with Gasteiger partial charge in [-0.1, -0.05) is 168 Å². The molecule has 0 aliphatic carbocycles. The van der Waals surface area contributed by atoms with Gasteiger partial charge in [-0.25, -0.2) is 0 Å². The molecular weight excluding hydrogens is 524 g/mol. The molecule has 0 aliphatic heterocycles. The Hall–Kier alpha value is -0.120. The highest BCUT2D eigenvalue weighted by atomic mass is 16.3. The molecule has 0 bridgehead atoms. The number of nitrogens with zero attached hydrogens (tertiary/aromatic N) is 2. The smallest absolute Gasteiger partial charge is 0.108 e. The van der Waals surface area contributed by atoms with Crippen LogP contribution in [0.3, 0.4) is 0 Å². The van der Waals surface area contributed by atoms with Crippen LogP contribution < -0.4 is 0 Å². The zero-order valence-electron chi connectivity index (χ0n) is 31.3. The first-order valence-electron chi connectivity index (χ1n) is 20.0. The van der Waals surface area contributed by atoms with Gasteiger partial charge >= 0.3 is 0 Å². The maximum absolute atomic E-state index is 10.8. The summed E-state index contributed by atoms with van der Waals surface area (Å²) in [4.78, 5) is 0. The fraction of sp³-hybridized carbons (Fsp3) is 1.00. The van der Waals surface area contributed by atoms with E-state index in [1.165, 1.54) is 193 Å². The normalized spacial score (nSPS) is 13.2. The zero-order valence-corrected chi connectivity index (χ0v) is 31.3. The zero-order chi connectivity index (χ0) is 31.9. The molecule has 1 N–H and O–H groups in total. The molecule has 3 heteroatoms. The van der Waals surface area contributed by atoms with Gasteiger partial charge in [0.15, 0.2) is 0 Å². The molecule has 0 aliphatic rings. The van der Waals surface area contributed by atoms with Gasteiger partial charge < -0.3 is 14.1 Å². The van der Waals surface area contributed by atoms with Gasteiger partial charge in [0.2, 0.25) is 0 Å². The van der Waals surface area contributed by atoms with Gasteiger partial charge in [0.25, 0.3) is 0 Å². The van der Waals surface area contributed by atoms with Crippen molar-refractivity contribution in [2.45, 2.75) is 206 Å². The Morgan fingerprint density at radius 1 is 0.349 bits per heavy atom. The average molecular weight is 611 g/mol. The second-order valence-corrected chi connectivity index (χ2v) is 15.9. The first kappa shape index (κ1) is 42.9. The Kier molecular flexibility index (Phi) is 30.4. The largest absolute Gasteiger partial charge is 0.387 e. The molecule has 1 unspecified atom stereocenters. The Labute approximate surface area is 274 Å². The van der Waals surface area contributed by atoms with E-state index in [1.54, 1.807) is 0 Å². The second kappa shape index (κ2) is 30.5. The third-order valence-corrected chi connectivity index (χ3v) is 10.0. The van der Waals surface area contributed by atoms with Gasteiger partial charge in [-0.2, -0.15) is 0 Å². The Bertz CT molecular complexity index is 547. The van der Waals surface area contributed by atoms with Crippen molar-refractivity contribution in [1.29, 1.82) is 0 Å². The van der Waals surface area contributed by atoms with Crippen LogP contribution in [-0.2, 0) is 0 Å². The molecule has 260 valence electrons. The molecule has 0 radical (unpaired) electrons. The number of likely N-dealkylation sites (N-methyl/N-ethyl adjacent to an activating group) is 1. The van der Waals surface area contributed by atoms with Crippen LogP contribution in [-0.4, -0.2) is 74.5 Å². The molecule has 1 atom stereocenters. The number of unbranched alkanes of at least 4 members (excludes halogenated alkanes) is 26. The van der Waals surface area contributed by atoms with Crippen LogP contribution in [0.15, 0.2) is 0 Å². The molecule has 43 heavy (non-hydrogen) atoms. The first-order chi connectivity index (χ1) is 20.7. The molecule has 0 aromatic carbocycles. The first-order valence-corrected chi connectivity index (χ1v) is 20.0. The van der Waals surface area contributed by atoms with E-state index in [-0.39, 0.29) is 6.10 Å². The third kappa shape index (κ3) is 33.1. The third-order valence-electron chi connectivity index (χ3n) is 10.0. The summed E-state index contributed by atoms with van der Waals surface area (Å²) < 4.78 is 2.02. The molecule has 0 aromatic rings. The predicted molar refractivity (Wildman–Crippen MR) is 195 cm³/mol. The summed E-state index contributed by atoms with van der Waals surface area (Å²) in [7, 11) is 9.37. The molecular formula is C40H86N2O+2. The SMILES string of the molecule is CCCCCCCCCCCCCCCC[N+](C)(C)CCC(O)C[N+](C)(C)CCCCCCCCCCCCCCCC. The molecule has 3 nitrogen and oxygen atoms in total. The van der Waals surface area contributed by atoms with Gasteiger partial charge in [0, 0.05) is 6.42 Å². The summed E-state index contributed by atoms with van der Waals surface area (Å²) in [6, 6.07) is 0. The van der Waals surface area contributed by atoms with Crippen LogP contribution in [0.4, 0.5) is 0 Å². The van der Waals surface area contributed by atoms with E-state index in [1.807, 2.05) is 0 Å². The number of rotatable bonds is 35. The van der Waals surface area contributed by atoms with E-state index in [2.05, 4.69) is 42.0 Å². The fourth-order valence-electron chi connectivity index (χ4n) is 6.83. The highest BCUT2D eigenvalue weighted by Crippen LogP contribution is 2.16. The summed E-state index contributed by atoms with van der Waals surface area (Å²) in [5.74, 6) is 0. The minimum atomic E-state index is -0.171. The fourth-order valence-corrected chi connectivity index (χ4v) is 6.83. The van der Waals surface area contributed by atoms with E-state index in [4.69, 9.17) is 0 Å². The number of aliphatic hydroxyl groups is 1. The molecule has 0 aromatic heterocycles. The molecule has 0 fully saturated rings. The summed E-state index contributed by atoms with van der Waals surface area (Å²) in [6.45, 7) is 9.05. The van der Waals surface area contributed by atoms with E-state index in [9.17, 15) is 5.11 Å². The van der Waals surface area contributed by atoms with Gasteiger partial charge in [-0.15, -0.1) is 0 Å². The lowest BCUT2D eigenvalue weighted by molar-refractivity contribution is -0.899. The van der Waals surface area contributed by atoms with Crippen molar-refractivity contribution in [2.24, 2.45) is 0 Å². The summed E-state index contributed by atoms with van der Waals surface area (Å²) in [5.41, 5.74) is 0. The summed E-state index contributed by atoms with van der Waals surface area (Å²) in [5, 5.41) is 10.8. The molecule has 0 saturated carbocycles. The van der Waals surface area contributed by atoms with Gasteiger partial charge in [0.1, 0.15) is 12.6 Å². The van der Waals surface area contributed by atoms with E-state index >= 15 is 0 Å². The molecule has 0 heterocycles. The van der Waals surface area contributed by atoms with E-state index < -0.39 is 0 Å². The number of aliphatic hydroxyl groups excluding tert-OH is 1. The van der Waals surface area contributed by atoms with E-state index in [0.717, 1.165) is 28.5 Å². The van der Waals surface area contributed by atoms with Gasteiger partial charge in [-0.3, -0.25) is 0 Å². The lowest BCUT2D eigenvalue weighted by atomic mass is 10.0. The van der Waals surface area contributed by atoms with Crippen LogP contribution in [0.25, 0.3) is 0 Å². The van der Waals surface area contributed by atoms with E-state index in [0.29, 0.717) is 0 Å². The van der Waals surface area contributed by atoms with Crippen molar-refractivity contribution >= 4 is 0 Å². The van der Waals surface area contributed by atoms with Crippen molar-refractivity contribution in [3.8, 4) is 0 Å². The maximum atomic E-state index is 10.8. The van der Waals surface area contributed by atoms with Gasteiger partial charge in [0.05, 0.1) is 47.8 Å². The average Bonchev–Trinajstić information content (AvgIpc) is 2.96. The highest BCUT2D eigenvalue weighted by molar-refractivity contribution is 4.56. The van der Waals surface area contributed by atoms with Crippen molar-refractivity contribution in [3.05, 3.63) is 0 Å². The van der Waals surface area contributed by atoms with Crippen molar-refractivity contribution < 1.29 is 14.1 Å². The Morgan fingerprint density at radius 3 is 0.907 bits per heavy atom. The lowest BCUT2D eigenvalue weighted by Gasteiger charge is -2.34. The standard InChI is InChI=1S/C40H86N2O/c1-7-9-11-13-15-17-19-21-23-25-27-29-31-33-36-41(3,4)38-35-40(43)39-42(5,6)37-34-32-30-28-26-24-22-20-18-16-14-12-10-8-2/h40,43H,7-39H2,1-6H3/q+2. The van der Waals surface area contributed by atoms with Crippen LogP contribution in [0.1, 0.15) is 200 Å². The van der Waals surface area contributed by atoms with Gasteiger partial charge in [-0.05, 0) is 25.7 Å². The minimum absolute atomic E-state index is 0.171. The van der Waals surface area contributed by atoms with Crippen LogP contribution in [0.5, 0.6) is 0 Å². The predicted octanol–water partition coefficient (Wildman–Crippen LogP) is 11.9. The van der Waals surface area contributed by atoms with Crippen molar-refractivity contribution in [3.63, 3.8) is 0 Å². The maximum Gasteiger partial charge on any atom is 0.108 e. The monoisotopic (exact) mass is 611 g/mol. The lowest BCUT2D eigenvalue weighted by Crippen LogP contribution is -2.48. The molecule has 0 spiro atoms. The second-order valence-electron chi connectivity index (χ2n) is 15.9. The summed E-state index contributed by atoms with van der Waals surface area (Å²) >= 11 is 0. The summed E-state index contributed by atoms with van der Waals surface area (Å²) in [6.07, 6.45) is 40.6. The number of hydrogen-bond acceptors (Lipinski definition) is 1.